The van der Waals surface area contributed by atoms with Crippen molar-refractivity contribution >= 4 is 33.4 Å². The molecule has 5 heteroatoms. The third kappa shape index (κ3) is 3.18. The van der Waals surface area contributed by atoms with E-state index in [-0.39, 0.29) is 0 Å². The maximum absolute atomic E-state index is 11.6. The normalized spacial score (nSPS) is 13.0. The molecule has 2 rings (SSSR count). The van der Waals surface area contributed by atoms with Crippen LogP contribution in [0.15, 0.2) is 18.2 Å². The lowest BCUT2D eigenvalue weighted by Crippen LogP contribution is -2.12. The van der Waals surface area contributed by atoms with E-state index in [0.717, 1.165) is 29.8 Å². The topological polar surface area (TPSA) is 34.9 Å². The summed E-state index contributed by atoms with van der Waals surface area (Å²) in [4.78, 5) is 4.65. The van der Waals surface area contributed by atoms with Gasteiger partial charge in [-0.3, -0.25) is 4.21 Å². The average molecular weight is 299 g/mol. The number of aromatic nitrogens is 2. The molecule has 1 aromatic heterocycles. The van der Waals surface area contributed by atoms with Crippen molar-refractivity contribution in [3.8, 4) is 0 Å². The number of nitrogens with zero attached hydrogens (tertiary/aromatic N) is 2. The van der Waals surface area contributed by atoms with E-state index in [1.807, 2.05) is 19.1 Å². The van der Waals surface area contributed by atoms with Gasteiger partial charge in [0.2, 0.25) is 0 Å². The molecule has 0 amide bonds. The molecule has 0 bridgehead atoms. The fraction of sp³-hybridized carbons (Fsp3) is 0.500. The van der Waals surface area contributed by atoms with Crippen LogP contribution in [0.2, 0.25) is 0 Å². The summed E-state index contributed by atoms with van der Waals surface area (Å²) in [5.74, 6) is 2.92. The third-order valence-electron chi connectivity index (χ3n) is 3.23. The molecule has 0 aliphatic heterocycles. The molecule has 1 heterocycles. The quantitative estimate of drug-likeness (QED) is 0.769. The largest absolute Gasteiger partial charge is 0.327 e. The first-order chi connectivity index (χ1) is 9.17. The van der Waals surface area contributed by atoms with E-state index in [4.69, 9.17) is 11.6 Å². The number of rotatable bonds is 6. The van der Waals surface area contributed by atoms with Crippen molar-refractivity contribution in [2.24, 2.45) is 0 Å². The standard InChI is InChI=1S/C14H19ClN2OS/c1-3-19(18)10-9-17-13(7-8-15)16-12-6-4-5-11(2)14(12)17/h4-6H,3,7-10H2,1-2H3. The molecule has 0 aliphatic carbocycles. The molecular weight excluding hydrogens is 280 g/mol. The lowest BCUT2D eigenvalue weighted by atomic mass is 10.2. The van der Waals surface area contributed by atoms with Gasteiger partial charge in [-0.25, -0.2) is 4.98 Å². The van der Waals surface area contributed by atoms with Crippen molar-refractivity contribution in [1.82, 2.24) is 9.55 Å². The van der Waals surface area contributed by atoms with Gasteiger partial charge in [-0.2, -0.15) is 0 Å². The Labute approximate surface area is 121 Å². The minimum absolute atomic E-state index is 0.555. The third-order valence-corrected chi connectivity index (χ3v) is 4.70. The van der Waals surface area contributed by atoms with Crippen LogP contribution >= 0.6 is 11.6 Å². The van der Waals surface area contributed by atoms with E-state index in [1.165, 1.54) is 5.56 Å². The molecule has 0 saturated heterocycles. The van der Waals surface area contributed by atoms with Crippen LogP contribution in [-0.4, -0.2) is 31.1 Å². The Balaban J connectivity index is 2.42. The molecule has 0 radical (unpaired) electrons. The first kappa shape index (κ1) is 14.5. The zero-order valence-corrected chi connectivity index (χ0v) is 12.9. The highest BCUT2D eigenvalue weighted by molar-refractivity contribution is 7.84. The van der Waals surface area contributed by atoms with Gasteiger partial charge in [-0.1, -0.05) is 19.1 Å². The van der Waals surface area contributed by atoms with Crippen molar-refractivity contribution in [2.45, 2.75) is 26.8 Å². The van der Waals surface area contributed by atoms with Gasteiger partial charge in [0.15, 0.2) is 0 Å². The van der Waals surface area contributed by atoms with E-state index in [2.05, 4.69) is 22.5 Å². The second-order valence-electron chi connectivity index (χ2n) is 4.49. The number of hydrogen-bond acceptors (Lipinski definition) is 2. The molecule has 0 N–H and O–H groups in total. The molecule has 0 fully saturated rings. The van der Waals surface area contributed by atoms with Crippen LogP contribution in [0.3, 0.4) is 0 Å². The number of para-hydroxylation sites is 1. The zero-order chi connectivity index (χ0) is 13.8. The average Bonchev–Trinajstić information content (AvgIpc) is 2.75. The van der Waals surface area contributed by atoms with Crippen molar-refractivity contribution in [1.29, 1.82) is 0 Å². The van der Waals surface area contributed by atoms with Gasteiger partial charge in [0.05, 0.1) is 11.0 Å². The Morgan fingerprint density at radius 1 is 1.42 bits per heavy atom. The summed E-state index contributed by atoms with van der Waals surface area (Å²) >= 11 is 5.85. The van der Waals surface area contributed by atoms with Crippen molar-refractivity contribution < 1.29 is 4.21 Å². The second kappa shape index (κ2) is 6.53. The van der Waals surface area contributed by atoms with Gasteiger partial charge in [-0.05, 0) is 18.6 Å². The molecule has 1 atom stereocenters. The highest BCUT2D eigenvalue weighted by Gasteiger charge is 2.12. The monoisotopic (exact) mass is 298 g/mol. The number of halogens is 1. The van der Waals surface area contributed by atoms with Crippen LogP contribution < -0.4 is 0 Å². The molecule has 1 aromatic carbocycles. The highest BCUT2D eigenvalue weighted by Crippen LogP contribution is 2.20. The predicted molar refractivity (Wildman–Crippen MR) is 82.4 cm³/mol. The van der Waals surface area contributed by atoms with Gasteiger partial charge in [0.25, 0.3) is 0 Å². The summed E-state index contributed by atoms with van der Waals surface area (Å²) in [7, 11) is -0.755. The summed E-state index contributed by atoms with van der Waals surface area (Å²) < 4.78 is 13.8. The minimum atomic E-state index is -0.755. The predicted octanol–water partition coefficient (Wildman–Crippen LogP) is 2.89. The first-order valence-corrected chi connectivity index (χ1v) is 8.55. The fourth-order valence-electron chi connectivity index (χ4n) is 2.27. The molecule has 0 saturated carbocycles. The first-order valence-electron chi connectivity index (χ1n) is 6.53. The summed E-state index contributed by atoms with van der Waals surface area (Å²) in [6.45, 7) is 4.78. The highest BCUT2D eigenvalue weighted by atomic mass is 35.5. The number of hydrogen-bond donors (Lipinski definition) is 0. The molecule has 0 spiro atoms. The number of benzene rings is 1. The van der Waals surface area contributed by atoms with Gasteiger partial charge in [0, 0.05) is 41.2 Å². The molecule has 0 aliphatic rings. The van der Waals surface area contributed by atoms with Crippen molar-refractivity contribution in [2.75, 3.05) is 17.4 Å². The minimum Gasteiger partial charge on any atom is -0.327 e. The van der Waals surface area contributed by atoms with Gasteiger partial charge in [-0.15, -0.1) is 11.6 Å². The fourth-order valence-corrected chi connectivity index (χ4v) is 3.11. The number of aryl methyl sites for hydroxylation is 3. The Hall–Kier alpha value is -0.870. The molecule has 104 valence electrons. The molecule has 2 aromatic rings. The van der Waals surface area contributed by atoms with Crippen LogP contribution in [0.25, 0.3) is 11.0 Å². The summed E-state index contributed by atoms with van der Waals surface area (Å²) in [5.41, 5.74) is 3.35. The molecular formula is C14H19ClN2OS. The number of imidazole rings is 1. The van der Waals surface area contributed by atoms with Gasteiger partial charge in [0.1, 0.15) is 5.82 Å². The smallest absolute Gasteiger partial charge is 0.111 e. The molecule has 3 nitrogen and oxygen atoms in total. The van der Waals surface area contributed by atoms with E-state index in [0.29, 0.717) is 17.4 Å². The summed E-state index contributed by atoms with van der Waals surface area (Å²) in [5, 5.41) is 0. The lowest BCUT2D eigenvalue weighted by molar-refractivity contribution is 0.671. The lowest BCUT2D eigenvalue weighted by Gasteiger charge is -2.09. The Morgan fingerprint density at radius 3 is 2.89 bits per heavy atom. The van der Waals surface area contributed by atoms with E-state index in [9.17, 15) is 4.21 Å². The van der Waals surface area contributed by atoms with Crippen LogP contribution in [-0.2, 0) is 23.8 Å². The van der Waals surface area contributed by atoms with Crippen molar-refractivity contribution in [3.63, 3.8) is 0 Å². The van der Waals surface area contributed by atoms with Crippen LogP contribution in [0.5, 0.6) is 0 Å². The zero-order valence-electron chi connectivity index (χ0n) is 11.4. The van der Waals surface area contributed by atoms with Gasteiger partial charge >= 0.3 is 0 Å². The SMILES string of the molecule is CCS(=O)CCn1c(CCCl)nc2cccc(C)c21. The number of alkyl halides is 1. The Kier molecular flexibility index (Phi) is 4.99. The van der Waals surface area contributed by atoms with Crippen LogP contribution in [0.4, 0.5) is 0 Å². The Morgan fingerprint density at radius 2 is 2.21 bits per heavy atom. The van der Waals surface area contributed by atoms with Crippen molar-refractivity contribution in [3.05, 3.63) is 29.6 Å². The van der Waals surface area contributed by atoms with E-state index >= 15 is 0 Å². The maximum atomic E-state index is 11.6. The molecule has 1 unspecified atom stereocenters. The summed E-state index contributed by atoms with van der Waals surface area (Å²) in [6.07, 6.45) is 0.744. The van der Waals surface area contributed by atoms with Crippen LogP contribution in [0.1, 0.15) is 18.3 Å². The van der Waals surface area contributed by atoms with E-state index < -0.39 is 10.8 Å². The second-order valence-corrected chi connectivity index (χ2v) is 6.74. The van der Waals surface area contributed by atoms with Gasteiger partial charge < -0.3 is 4.57 Å². The Bertz CT molecular complexity index is 594. The van der Waals surface area contributed by atoms with Crippen LogP contribution in [0, 0.1) is 6.92 Å². The number of fused-ring (bicyclic) bond motifs is 1. The maximum Gasteiger partial charge on any atom is 0.111 e. The summed E-state index contributed by atoms with van der Waals surface area (Å²) in [6, 6.07) is 6.12. The van der Waals surface area contributed by atoms with E-state index in [1.54, 1.807) is 0 Å². The molecule has 19 heavy (non-hydrogen) atoms.